The van der Waals surface area contributed by atoms with Crippen molar-refractivity contribution in [2.75, 3.05) is 20.3 Å². The summed E-state index contributed by atoms with van der Waals surface area (Å²) in [6, 6.07) is 4.23. The van der Waals surface area contributed by atoms with Gasteiger partial charge in [-0.25, -0.2) is 4.39 Å². The van der Waals surface area contributed by atoms with Crippen molar-refractivity contribution in [3.8, 4) is 0 Å². The summed E-state index contributed by atoms with van der Waals surface area (Å²) in [6.45, 7) is 0.996. The summed E-state index contributed by atoms with van der Waals surface area (Å²) in [5, 5.41) is 11.7. The van der Waals surface area contributed by atoms with E-state index < -0.39 is 17.8 Å². The van der Waals surface area contributed by atoms with Crippen LogP contribution in [0.4, 0.5) is 4.39 Å². The molecule has 6 heteroatoms. The molecule has 1 unspecified atom stereocenters. The number of carbonyl (C=O) groups is 2. The molecule has 0 radical (unpaired) electrons. The Balaban J connectivity index is 2.68. The Morgan fingerprint density at radius 3 is 2.55 bits per heavy atom. The van der Waals surface area contributed by atoms with Crippen LogP contribution in [0.3, 0.4) is 0 Å². The van der Waals surface area contributed by atoms with Crippen LogP contribution in [0.2, 0.25) is 0 Å². The topological polar surface area (TPSA) is 75.6 Å². The molecule has 1 rings (SSSR count). The molecule has 0 amide bonds. The highest BCUT2D eigenvalue weighted by molar-refractivity contribution is 6.01. The summed E-state index contributed by atoms with van der Waals surface area (Å²) in [5.41, 5.74) is 0.289. The first-order valence-electron chi connectivity index (χ1n) is 6.28. The maximum absolute atomic E-state index is 12.8. The largest absolute Gasteiger partial charge is 0.481 e. The quantitative estimate of drug-likeness (QED) is 0.530. The summed E-state index contributed by atoms with van der Waals surface area (Å²) in [6.07, 6.45) is 0.354. The number of aliphatic carboxylic acids is 1. The molecular formula is C14H18FNO4. The summed E-state index contributed by atoms with van der Waals surface area (Å²) in [4.78, 5) is 23.0. The van der Waals surface area contributed by atoms with E-state index in [1.54, 1.807) is 7.11 Å². The SMILES string of the molecule is COCCCNC(CC(=O)O)C(=O)c1ccc(F)cc1. The molecule has 0 aliphatic carbocycles. The molecule has 0 saturated carbocycles. The van der Waals surface area contributed by atoms with E-state index in [1.165, 1.54) is 24.3 Å². The average Bonchev–Trinajstić information content (AvgIpc) is 2.42. The van der Waals surface area contributed by atoms with E-state index in [4.69, 9.17) is 9.84 Å². The van der Waals surface area contributed by atoms with Crippen LogP contribution in [-0.4, -0.2) is 43.2 Å². The van der Waals surface area contributed by atoms with Crippen LogP contribution < -0.4 is 5.32 Å². The van der Waals surface area contributed by atoms with Crippen molar-refractivity contribution >= 4 is 11.8 Å². The minimum Gasteiger partial charge on any atom is -0.481 e. The van der Waals surface area contributed by atoms with Gasteiger partial charge in [-0.1, -0.05) is 0 Å². The van der Waals surface area contributed by atoms with E-state index in [9.17, 15) is 14.0 Å². The second-order valence-electron chi connectivity index (χ2n) is 4.32. The average molecular weight is 283 g/mol. The zero-order valence-corrected chi connectivity index (χ0v) is 11.3. The molecule has 0 saturated heterocycles. The number of rotatable bonds is 9. The minimum absolute atomic E-state index is 0.289. The van der Waals surface area contributed by atoms with Crippen LogP contribution in [0.25, 0.3) is 0 Å². The van der Waals surface area contributed by atoms with Crippen LogP contribution in [-0.2, 0) is 9.53 Å². The molecule has 0 aliphatic rings. The summed E-state index contributed by atoms with van der Waals surface area (Å²) in [5.74, 6) is -1.86. The first-order valence-corrected chi connectivity index (χ1v) is 6.28. The molecule has 0 aliphatic heterocycles. The molecule has 5 nitrogen and oxygen atoms in total. The van der Waals surface area contributed by atoms with Crippen LogP contribution in [0.1, 0.15) is 23.2 Å². The molecule has 20 heavy (non-hydrogen) atoms. The van der Waals surface area contributed by atoms with Gasteiger partial charge in [0.05, 0.1) is 12.5 Å². The molecule has 1 aromatic rings. The number of benzene rings is 1. The van der Waals surface area contributed by atoms with Crippen molar-refractivity contribution in [1.29, 1.82) is 0 Å². The van der Waals surface area contributed by atoms with Crippen molar-refractivity contribution < 1.29 is 23.8 Å². The second kappa shape index (κ2) is 8.39. The van der Waals surface area contributed by atoms with E-state index in [-0.39, 0.29) is 17.8 Å². The van der Waals surface area contributed by atoms with Gasteiger partial charge < -0.3 is 15.2 Å². The van der Waals surface area contributed by atoms with E-state index >= 15 is 0 Å². The number of halogens is 1. The van der Waals surface area contributed by atoms with Crippen molar-refractivity contribution in [1.82, 2.24) is 5.32 Å². The third-order valence-electron chi connectivity index (χ3n) is 2.74. The van der Waals surface area contributed by atoms with Gasteiger partial charge >= 0.3 is 5.97 Å². The fourth-order valence-corrected chi connectivity index (χ4v) is 1.74. The van der Waals surface area contributed by atoms with Gasteiger partial charge in [0.2, 0.25) is 0 Å². The second-order valence-corrected chi connectivity index (χ2v) is 4.32. The lowest BCUT2D eigenvalue weighted by Gasteiger charge is -2.15. The highest BCUT2D eigenvalue weighted by Crippen LogP contribution is 2.08. The van der Waals surface area contributed by atoms with E-state index in [2.05, 4.69) is 5.32 Å². The number of carboxylic acids is 1. The number of methoxy groups -OCH3 is 1. The maximum Gasteiger partial charge on any atom is 0.305 e. The predicted octanol–water partition coefficient (Wildman–Crippen LogP) is 1.48. The fourth-order valence-electron chi connectivity index (χ4n) is 1.74. The Bertz CT molecular complexity index is 447. The summed E-state index contributed by atoms with van der Waals surface area (Å²) in [7, 11) is 1.57. The van der Waals surface area contributed by atoms with Crippen molar-refractivity contribution in [2.45, 2.75) is 18.9 Å². The predicted molar refractivity (Wildman–Crippen MR) is 71.3 cm³/mol. The summed E-state index contributed by atoms with van der Waals surface area (Å²) < 4.78 is 17.7. The molecular weight excluding hydrogens is 265 g/mol. The Morgan fingerprint density at radius 1 is 1.35 bits per heavy atom. The lowest BCUT2D eigenvalue weighted by atomic mass is 10.0. The van der Waals surface area contributed by atoms with Crippen molar-refractivity contribution in [2.24, 2.45) is 0 Å². The lowest BCUT2D eigenvalue weighted by Crippen LogP contribution is -2.39. The van der Waals surface area contributed by atoms with Crippen molar-refractivity contribution in [3.05, 3.63) is 35.6 Å². The Kier molecular flexibility index (Phi) is 6.83. The molecule has 2 N–H and O–H groups in total. The van der Waals surface area contributed by atoms with Crippen LogP contribution >= 0.6 is 0 Å². The highest BCUT2D eigenvalue weighted by atomic mass is 19.1. The normalized spacial score (nSPS) is 12.1. The standard InChI is InChI=1S/C14H18FNO4/c1-20-8-2-7-16-12(9-13(17)18)14(19)10-3-5-11(15)6-4-10/h3-6,12,16H,2,7-9H2,1H3,(H,17,18). The smallest absolute Gasteiger partial charge is 0.305 e. The first-order chi connectivity index (χ1) is 9.54. The maximum atomic E-state index is 12.8. The Labute approximate surface area is 116 Å². The van der Waals surface area contributed by atoms with E-state index in [0.29, 0.717) is 19.6 Å². The third-order valence-corrected chi connectivity index (χ3v) is 2.74. The van der Waals surface area contributed by atoms with E-state index in [1.807, 2.05) is 0 Å². The number of hydrogen-bond acceptors (Lipinski definition) is 4. The number of carboxylic acid groups (broad SMARTS) is 1. The Hall–Kier alpha value is -1.79. The molecule has 0 fully saturated rings. The van der Waals surface area contributed by atoms with E-state index in [0.717, 1.165) is 0 Å². The lowest BCUT2D eigenvalue weighted by molar-refractivity contribution is -0.137. The molecule has 0 spiro atoms. The highest BCUT2D eigenvalue weighted by Gasteiger charge is 2.22. The van der Waals surface area contributed by atoms with Gasteiger partial charge in [-0.2, -0.15) is 0 Å². The van der Waals surface area contributed by atoms with Gasteiger partial charge in [-0.05, 0) is 37.2 Å². The third kappa shape index (κ3) is 5.46. The monoisotopic (exact) mass is 283 g/mol. The van der Waals surface area contributed by atoms with Gasteiger partial charge in [0.1, 0.15) is 5.82 Å². The number of ether oxygens (including phenoxy) is 1. The number of ketones is 1. The number of nitrogens with one attached hydrogen (secondary N) is 1. The van der Waals surface area contributed by atoms with Gasteiger partial charge in [-0.15, -0.1) is 0 Å². The van der Waals surface area contributed by atoms with Gasteiger partial charge in [0, 0.05) is 19.3 Å². The zero-order chi connectivity index (χ0) is 15.0. The molecule has 1 aromatic carbocycles. The molecule has 1 atom stereocenters. The van der Waals surface area contributed by atoms with Crippen LogP contribution in [0.15, 0.2) is 24.3 Å². The van der Waals surface area contributed by atoms with Crippen LogP contribution in [0.5, 0.6) is 0 Å². The summed E-state index contributed by atoms with van der Waals surface area (Å²) >= 11 is 0. The van der Waals surface area contributed by atoms with Crippen molar-refractivity contribution in [3.63, 3.8) is 0 Å². The molecule has 110 valence electrons. The Morgan fingerprint density at radius 2 is 2.00 bits per heavy atom. The number of hydrogen-bond donors (Lipinski definition) is 2. The number of carbonyl (C=O) groups excluding carboxylic acids is 1. The van der Waals surface area contributed by atoms with Crippen LogP contribution in [0, 0.1) is 5.82 Å². The first kappa shape index (κ1) is 16.3. The molecule has 0 bridgehead atoms. The van der Waals surface area contributed by atoms with Gasteiger partial charge in [0.15, 0.2) is 5.78 Å². The minimum atomic E-state index is -1.07. The molecule has 0 heterocycles. The number of Topliss-reactive ketones (excluding diaryl/α,β-unsaturated/α-hetero) is 1. The molecule has 0 aromatic heterocycles. The fraction of sp³-hybridized carbons (Fsp3) is 0.429. The van der Waals surface area contributed by atoms with Gasteiger partial charge in [-0.3, -0.25) is 9.59 Å². The van der Waals surface area contributed by atoms with Gasteiger partial charge in [0.25, 0.3) is 0 Å². The zero-order valence-electron chi connectivity index (χ0n) is 11.3.